The predicted molar refractivity (Wildman–Crippen MR) is 82.4 cm³/mol. The van der Waals surface area contributed by atoms with Crippen molar-refractivity contribution in [1.29, 1.82) is 5.26 Å². The average Bonchev–Trinajstić information content (AvgIpc) is 2.61. The number of nitriles is 1. The Bertz CT molecular complexity index is 628. The summed E-state index contributed by atoms with van der Waals surface area (Å²) in [6, 6.07) is 18.9. The molecule has 2 aromatic rings. The Morgan fingerprint density at radius 2 is 1.39 bits per heavy atom. The third kappa shape index (κ3) is 6.10. The van der Waals surface area contributed by atoms with Crippen LogP contribution in [0.5, 0.6) is 11.5 Å². The van der Waals surface area contributed by atoms with E-state index in [4.69, 9.17) is 24.4 Å². The van der Waals surface area contributed by atoms with Crippen LogP contribution >= 0.6 is 7.60 Å². The SMILES string of the molecule is N#CCNCP(=O)(OOc1ccccc1)OOc1ccccc1. The van der Waals surface area contributed by atoms with Crippen molar-refractivity contribution in [3.63, 3.8) is 0 Å². The third-order valence-electron chi connectivity index (χ3n) is 2.49. The lowest BCUT2D eigenvalue weighted by Gasteiger charge is -2.16. The highest BCUT2D eigenvalue weighted by Crippen LogP contribution is 2.47. The van der Waals surface area contributed by atoms with Gasteiger partial charge < -0.3 is 9.78 Å². The number of nitrogens with zero attached hydrogens (tertiary/aromatic N) is 1. The molecular formula is C15H15N2O5P. The van der Waals surface area contributed by atoms with E-state index in [9.17, 15) is 4.57 Å². The van der Waals surface area contributed by atoms with Crippen LogP contribution in [-0.2, 0) is 13.9 Å². The van der Waals surface area contributed by atoms with Gasteiger partial charge in [0.15, 0.2) is 11.5 Å². The normalized spacial score (nSPS) is 10.7. The Kier molecular flexibility index (Phi) is 6.60. The van der Waals surface area contributed by atoms with E-state index in [1.54, 1.807) is 60.7 Å². The smallest absolute Gasteiger partial charge is 0.329 e. The molecule has 0 heterocycles. The zero-order valence-electron chi connectivity index (χ0n) is 12.1. The van der Waals surface area contributed by atoms with E-state index in [1.165, 1.54) is 0 Å². The number of rotatable bonds is 9. The average molecular weight is 334 g/mol. The monoisotopic (exact) mass is 334 g/mol. The minimum absolute atomic E-state index is 0.0205. The Morgan fingerprint density at radius 3 is 1.83 bits per heavy atom. The molecule has 0 radical (unpaired) electrons. The molecule has 120 valence electrons. The Labute approximate surface area is 133 Å². The predicted octanol–water partition coefficient (Wildman–Crippen LogP) is 3.27. The fourth-order valence-corrected chi connectivity index (χ4v) is 2.38. The number of nitrogens with one attached hydrogen (secondary N) is 1. The van der Waals surface area contributed by atoms with E-state index in [0.717, 1.165) is 0 Å². The van der Waals surface area contributed by atoms with Crippen molar-refractivity contribution >= 4 is 7.60 Å². The summed E-state index contributed by atoms with van der Waals surface area (Å²) in [5.41, 5.74) is 0. The molecule has 23 heavy (non-hydrogen) atoms. The lowest BCUT2D eigenvalue weighted by Crippen LogP contribution is -2.19. The van der Waals surface area contributed by atoms with Crippen LogP contribution in [0.3, 0.4) is 0 Å². The van der Waals surface area contributed by atoms with Crippen LogP contribution in [0, 0.1) is 11.3 Å². The highest BCUT2D eigenvalue weighted by molar-refractivity contribution is 7.53. The van der Waals surface area contributed by atoms with E-state index >= 15 is 0 Å². The number of benzene rings is 2. The van der Waals surface area contributed by atoms with Gasteiger partial charge in [0, 0.05) is 0 Å². The minimum Gasteiger partial charge on any atom is -0.329 e. The summed E-state index contributed by atoms with van der Waals surface area (Å²) in [6.45, 7) is -0.0205. The molecule has 0 spiro atoms. The zero-order chi connectivity index (χ0) is 16.4. The van der Waals surface area contributed by atoms with Gasteiger partial charge in [-0.15, -0.1) is 0 Å². The lowest BCUT2D eigenvalue weighted by atomic mass is 10.3. The topological polar surface area (TPSA) is 89.8 Å². The van der Waals surface area contributed by atoms with Crippen molar-refractivity contribution < 1.29 is 23.7 Å². The van der Waals surface area contributed by atoms with Crippen molar-refractivity contribution in [2.45, 2.75) is 0 Å². The molecule has 0 saturated carbocycles. The first kappa shape index (κ1) is 17.0. The summed E-state index contributed by atoms with van der Waals surface area (Å²) in [4.78, 5) is 10.00. The van der Waals surface area contributed by atoms with Crippen LogP contribution in [0.1, 0.15) is 0 Å². The van der Waals surface area contributed by atoms with Gasteiger partial charge in [-0.1, -0.05) is 45.7 Å². The summed E-state index contributed by atoms with van der Waals surface area (Å²) < 4.78 is 22.4. The van der Waals surface area contributed by atoms with Crippen LogP contribution in [0.2, 0.25) is 0 Å². The summed E-state index contributed by atoms with van der Waals surface area (Å²) in [6.07, 6.45) is -0.250. The van der Waals surface area contributed by atoms with E-state index < -0.39 is 7.60 Å². The molecule has 0 atom stereocenters. The van der Waals surface area contributed by atoms with Gasteiger partial charge in [0.25, 0.3) is 0 Å². The standard InChI is InChI=1S/C15H15N2O5P/c16-11-12-17-13-23(18,21-19-14-7-3-1-4-8-14)22-20-15-9-5-2-6-10-15/h1-10,17H,12-13H2. The van der Waals surface area contributed by atoms with E-state index in [1.807, 2.05) is 6.07 Å². The summed E-state index contributed by atoms with van der Waals surface area (Å²) in [7, 11) is -3.79. The molecule has 7 nitrogen and oxygen atoms in total. The van der Waals surface area contributed by atoms with Crippen molar-refractivity contribution in [3.8, 4) is 17.6 Å². The molecule has 8 heteroatoms. The van der Waals surface area contributed by atoms with Gasteiger partial charge in [-0.2, -0.15) is 5.26 Å². The summed E-state index contributed by atoms with van der Waals surface area (Å²) >= 11 is 0. The van der Waals surface area contributed by atoms with E-state index in [0.29, 0.717) is 11.5 Å². The molecule has 0 fully saturated rings. The highest BCUT2D eigenvalue weighted by atomic mass is 31.2. The van der Waals surface area contributed by atoms with Crippen LogP contribution in [0.4, 0.5) is 0 Å². The first-order valence-electron chi connectivity index (χ1n) is 6.71. The minimum atomic E-state index is -3.79. The molecule has 0 aliphatic rings. The second-order valence-electron chi connectivity index (χ2n) is 4.30. The second kappa shape index (κ2) is 8.93. The Balaban J connectivity index is 1.96. The van der Waals surface area contributed by atoms with Crippen molar-refractivity contribution in [2.24, 2.45) is 0 Å². The highest BCUT2D eigenvalue weighted by Gasteiger charge is 2.29. The van der Waals surface area contributed by atoms with Crippen molar-refractivity contribution in [2.75, 3.05) is 12.8 Å². The fraction of sp³-hybridized carbons (Fsp3) is 0.133. The van der Waals surface area contributed by atoms with Crippen LogP contribution < -0.4 is 15.1 Å². The maximum absolute atomic E-state index is 12.6. The summed E-state index contributed by atoms with van der Waals surface area (Å²) in [5, 5.41) is 11.1. The molecule has 0 aliphatic heterocycles. The molecule has 2 rings (SSSR count). The van der Waals surface area contributed by atoms with E-state index in [-0.39, 0.29) is 12.8 Å². The molecule has 0 aliphatic carbocycles. The van der Waals surface area contributed by atoms with Gasteiger partial charge >= 0.3 is 7.60 Å². The Hall–Kier alpha value is -2.36. The van der Waals surface area contributed by atoms with Gasteiger partial charge in [-0.3, -0.25) is 9.88 Å². The second-order valence-corrected chi connectivity index (χ2v) is 6.13. The first-order valence-corrected chi connectivity index (χ1v) is 8.44. The number of hydrogen-bond donors (Lipinski definition) is 1. The zero-order valence-corrected chi connectivity index (χ0v) is 13.0. The molecule has 0 bridgehead atoms. The first-order chi connectivity index (χ1) is 11.2. The van der Waals surface area contributed by atoms with Crippen LogP contribution in [-0.4, -0.2) is 12.8 Å². The van der Waals surface area contributed by atoms with Crippen molar-refractivity contribution in [3.05, 3.63) is 60.7 Å². The van der Waals surface area contributed by atoms with E-state index in [2.05, 4.69) is 5.32 Å². The maximum Gasteiger partial charge on any atom is 0.418 e. The third-order valence-corrected chi connectivity index (χ3v) is 3.70. The van der Waals surface area contributed by atoms with Crippen LogP contribution in [0.25, 0.3) is 0 Å². The van der Waals surface area contributed by atoms with Gasteiger partial charge in [0.05, 0.1) is 12.6 Å². The molecule has 0 unspecified atom stereocenters. The quantitative estimate of drug-likeness (QED) is 0.247. The summed E-state index contributed by atoms with van der Waals surface area (Å²) in [5.74, 6) is 0.715. The van der Waals surface area contributed by atoms with Gasteiger partial charge in [-0.25, -0.2) is 0 Å². The van der Waals surface area contributed by atoms with Gasteiger partial charge in [0.2, 0.25) is 0 Å². The molecule has 0 aromatic heterocycles. The Morgan fingerprint density at radius 1 is 0.913 bits per heavy atom. The van der Waals surface area contributed by atoms with Gasteiger partial charge in [0.1, 0.15) is 6.29 Å². The maximum atomic E-state index is 12.6. The molecule has 0 amide bonds. The fourth-order valence-electron chi connectivity index (χ4n) is 1.47. The molecule has 2 aromatic carbocycles. The van der Waals surface area contributed by atoms with Crippen molar-refractivity contribution in [1.82, 2.24) is 5.32 Å². The van der Waals surface area contributed by atoms with Crippen LogP contribution in [0.15, 0.2) is 60.7 Å². The number of para-hydroxylation sites is 2. The molecular weight excluding hydrogens is 319 g/mol. The lowest BCUT2D eigenvalue weighted by molar-refractivity contribution is -0.171. The molecule has 0 saturated heterocycles. The number of hydrogen-bond acceptors (Lipinski definition) is 7. The largest absolute Gasteiger partial charge is 0.418 e. The molecule has 1 N–H and O–H groups in total. The van der Waals surface area contributed by atoms with Gasteiger partial charge in [-0.05, 0) is 24.3 Å².